The molecule has 0 spiro atoms. The van der Waals surface area contributed by atoms with Gasteiger partial charge in [0.1, 0.15) is 6.61 Å². The number of carbonyl (C=O) groups is 3. The molecule has 0 radical (unpaired) electrons. The minimum Gasteiger partial charge on any atom is -0.458 e. The molecule has 1 unspecified atom stereocenters. The first-order valence-electron chi connectivity index (χ1n) is 3.94. The summed E-state index contributed by atoms with van der Waals surface area (Å²) in [6.45, 7) is 5.32. The van der Waals surface area contributed by atoms with Crippen molar-refractivity contribution in [3.8, 4) is 0 Å². The van der Waals surface area contributed by atoms with E-state index in [9.17, 15) is 14.4 Å². The van der Waals surface area contributed by atoms with E-state index in [2.05, 4.69) is 16.1 Å². The Morgan fingerprint density at radius 3 is 2.29 bits per heavy atom. The second-order valence-electron chi connectivity index (χ2n) is 2.54. The molecule has 5 nitrogen and oxygen atoms in total. The predicted molar refractivity (Wildman–Crippen MR) is 47.4 cm³/mol. The zero-order chi connectivity index (χ0) is 11.1. The van der Waals surface area contributed by atoms with Crippen LogP contribution in [0, 0.1) is 0 Å². The number of Topliss-reactive ketones (excluding diaryl/α,β-unsaturated/α-hetero) is 1. The van der Waals surface area contributed by atoms with E-state index < -0.39 is 18.0 Å². The molecule has 78 valence electrons. The van der Waals surface area contributed by atoms with Crippen molar-refractivity contribution < 1.29 is 23.9 Å². The molecule has 0 aliphatic heterocycles. The van der Waals surface area contributed by atoms with Crippen molar-refractivity contribution in [2.24, 2.45) is 0 Å². The minimum absolute atomic E-state index is 0.278. The van der Waals surface area contributed by atoms with Crippen molar-refractivity contribution in [3.05, 3.63) is 12.7 Å². The van der Waals surface area contributed by atoms with Crippen LogP contribution in [-0.2, 0) is 23.9 Å². The molecule has 0 bridgehead atoms. The predicted octanol–water partition coefficient (Wildman–Crippen LogP) is 0.236. The van der Waals surface area contributed by atoms with Gasteiger partial charge in [0.05, 0.1) is 0 Å². The van der Waals surface area contributed by atoms with Crippen LogP contribution in [0.15, 0.2) is 12.7 Å². The largest absolute Gasteiger partial charge is 0.458 e. The van der Waals surface area contributed by atoms with E-state index in [-0.39, 0.29) is 12.4 Å². The monoisotopic (exact) mass is 200 g/mol. The molecule has 5 heteroatoms. The van der Waals surface area contributed by atoms with Gasteiger partial charge in [-0.25, -0.2) is 4.79 Å². The lowest BCUT2D eigenvalue weighted by Gasteiger charge is -2.12. The fourth-order valence-electron chi connectivity index (χ4n) is 0.651. The van der Waals surface area contributed by atoms with Gasteiger partial charge in [0.15, 0.2) is 11.9 Å². The lowest BCUT2D eigenvalue weighted by Crippen LogP contribution is -2.30. The first-order chi connectivity index (χ1) is 6.47. The number of ketones is 1. The topological polar surface area (TPSA) is 69.7 Å². The molecule has 0 aliphatic carbocycles. The van der Waals surface area contributed by atoms with Gasteiger partial charge in [0.25, 0.3) is 0 Å². The summed E-state index contributed by atoms with van der Waals surface area (Å²) in [5.41, 5.74) is 0. The summed E-state index contributed by atoms with van der Waals surface area (Å²) < 4.78 is 9.17. The highest BCUT2D eigenvalue weighted by Crippen LogP contribution is 1.97. The second kappa shape index (κ2) is 5.90. The van der Waals surface area contributed by atoms with Gasteiger partial charge in [0, 0.05) is 13.0 Å². The number of rotatable bonds is 5. The molecule has 1 atom stereocenters. The molecule has 0 amide bonds. The van der Waals surface area contributed by atoms with E-state index >= 15 is 0 Å². The quantitative estimate of drug-likeness (QED) is 0.469. The van der Waals surface area contributed by atoms with E-state index in [1.54, 1.807) is 0 Å². The standard InChI is InChI=1S/C9H12O5/c1-4-9(12)13-5-8(6(2)10)14-7(3)11/h4,8H,1,5H2,2-3H3. The molecular formula is C9H12O5. The molecule has 14 heavy (non-hydrogen) atoms. The van der Waals surface area contributed by atoms with Gasteiger partial charge in [-0.1, -0.05) is 6.58 Å². The first-order valence-corrected chi connectivity index (χ1v) is 3.94. The molecule has 0 aromatic heterocycles. The fourth-order valence-corrected chi connectivity index (χ4v) is 0.651. The lowest BCUT2D eigenvalue weighted by molar-refractivity contribution is -0.159. The highest BCUT2D eigenvalue weighted by Gasteiger charge is 2.18. The highest BCUT2D eigenvalue weighted by atomic mass is 16.6. The summed E-state index contributed by atoms with van der Waals surface area (Å²) in [6, 6.07) is 0. The van der Waals surface area contributed by atoms with Crippen LogP contribution in [-0.4, -0.2) is 30.4 Å². The Kier molecular flexibility index (Phi) is 5.21. The molecule has 0 N–H and O–H groups in total. The Hall–Kier alpha value is -1.65. The third-order valence-corrected chi connectivity index (χ3v) is 1.31. The van der Waals surface area contributed by atoms with Crippen LogP contribution >= 0.6 is 0 Å². The maximum atomic E-state index is 10.9. The van der Waals surface area contributed by atoms with Gasteiger partial charge < -0.3 is 9.47 Å². The van der Waals surface area contributed by atoms with E-state index in [0.29, 0.717) is 0 Å². The van der Waals surface area contributed by atoms with Crippen molar-refractivity contribution in [3.63, 3.8) is 0 Å². The lowest BCUT2D eigenvalue weighted by atomic mass is 10.3. The Morgan fingerprint density at radius 1 is 1.36 bits per heavy atom. The fraction of sp³-hybridized carbons (Fsp3) is 0.444. The summed E-state index contributed by atoms with van der Waals surface area (Å²) in [5.74, 6) is -1.64. The van der Waals surface area contributed by atoms with Crippen molar-refractivity contribution in [2.75, 3.05) is 6.61 Å². The van der Waals surface area contributed by atoms with E-state index in [1.807, 2.05) is 0 Å². The van der Waals surface area contributed by atoms with Crippen molar-refractivity contribution >= 4 is 17.7 Å². The first kappa shape index (κ1) is 12.3. The van der Waals surface area contributed by atoms with Gasteiger partial charge in [-0.15, -0.1) is 0 Å². The van der Waals surface area contributed by atoms with E-state index in [0.717, 1.165) is 6.08 Å². The molecule has 0 heterocycles. The Bertz CT molecular complexity index is 256. The van der Waals surface area contributed by atoms with Crippen LogP contribution in [0.25, 0.3) is 0 Å². The third kappa shape index (κ3) is 5.08. The van der Waals surface area contributed by atoms with Crippen molar-refractivity contribution in [1.29, 1.82) is 0 Å². The summed E-state index contributed by atoms with van der Waals surface area (Å²) in [6.07, 6.45) is -0.0679. The zero-order valence-corrected chi connectivity index (χ0v) is 8.11. The van der Waals surface area contributed by atoms with Gasteiger partial charge in [-0.3, -0.25) is 9.59 Å². The number of carbonyl (C=O) groups excluding carboxylic acids is 3. The van der Waals surface area contributed by atoms with Crippen molar-refractivity contribution in [2.45, 2.75) is 20.0 Å². The molecule has 0 aliphatic rings. The van der Waals surface area contributed by atoms with Crippen LogP contribution in [0.4, 0.5) is 0 Å². The molecule has 0 aromatic carbocycles. The van der Waals surface area contributed by atoms with Gasteiger partial charge in [0.2, 0.25) is 0 Å². The Morgan fingerprint density at radius 2 is 1.93 bits per heavy atom. The van der Waals surface area contributed by atoms with Crippen LogP contribution in [0.2, 0.25) is 0 Å². The SMILES string of the molecule is C=CC(=O)OCC(OC(C)=O)C(C)=O. The van der Waals surface area contributed by atoms with Crippen LogP contribution in [0.1, 0.15) is 13.8 Å². The number of hydrogen-bond donors (Lipinski definition) is 0. The van der Waals surface area contributed by atoms with Crippen molar-refractivity contribution in [1.82, 2.24) is 0 Å². The summed E-state index contributed by atoms with van der Waals surface area (Å²) in [7, 11) is 0. The van der Waals surface area contributed by atoms with E-state index in [4.69, 9.17) is 0 Å². The number of hydrogen-bond acceptors (Lipinski definition) is 5. The smallest absolute Gasteiger partial charge is 0.330 e. The molecule has 0 aromatic rings. The van der Waals surface area contributed by atoms with Gasteiger partial charge in [-0.2, -0.15) is 0 Å². The maximum absolute atomic E-state index is 10.9. The summed E-state index contributed by atoms with van der Waals surface area (Å²) in [5, 5.41) is 0. The Labute approximate surface area is 81.7 Å². The summed E-state index contributed by atoms with van der Waals surface area (Å²) in [4.78, 5) is 32.1. The second-order valence-corrected chi connectivity index (χ2v) is 2.54. The average molecular weight is 200 g/mol. The Balaban J connectivity index is 4.10. The number of esters is 2. The normalized spacial score (nSPS) is 11.3. The zero-order valence-electron chi connectivity index (χ0n) is 8.11. The molecule has 0 saturated carbocycles. The number of ether oxygens (including phenoxy) is 2. The third-order valence-electron chi connectivity index (χ3n) is 1.31. The highest BCUT2D eigenvalue weighted by molar-refractivity contribution is 5.84. The molecule has 0 saturated heterocycles. The minimum atomic E-state index is -1.03. The van der Waals surface area contributed by atoms with Crippen LogP contribution in [0.3, 0.4) is 0 Å². The molecule has 0 rings (SSSR count). The molecule has 0 fully saturated rings. The van der Waals surface area contributed by atoms with E-state index in [1.165, 1.54) is 13.8 Å². The van der Waals surface area contributed by atoms with Gasteiger partial charge >= 0.3 is 11.9 Å². The summed E-state index contributed by atoms with van der Waals surface area (Å²) >= 11 is 0. The van der Waals surface area contributed by atoms with Gasteiger partial charge in [-0.05, 0) is 6.92 Å². The average Bonchev–Trinajstić information content (AvgIpc) is 2.10. The van der Waals surface area contributed by atoms with Crippen LogP contribution < -0.4 is 0 Å². The van der Waals surface area contributed by atoms with Crippen LogP contribution in [0.5, 0.6) is 0 Å². The molecular weight excluding hydrogens is 188 g/mol. The maximum Gasteiger partial charge on any atom is 0.330 e.